The minimum Gasteiger partial charge on any atom is -0.465 e. The molecule has 1 amide bonds. The van der Waals surface area contributed by atoms with Crippen molar-refractivity contribution >= 4 is 30.7 Å². The maximum atomic E-state index is 12.0. The molecule has 5 nitrogen and oxygen atoms in total. The minimum atomic E-state index is 0. The number of nitrogens with zero attached hydrogens (tertiary/aromatic N) is 1. The molecule has 2 heterocycles. The number of rotatable bonds is 10. The highest BCUT2D eigenvalue weighted by atomic mass is 35.5. The Morgan fingerprint density at radius 3 is 2.48 bits per heavy atom. The number of nitrogens with one attached hydrogen (secondary N) is 1. The van der Waals surface area contributed by atoms with Crippen molar-refractivity contribution in [2.75, 3.05) is 26.2 Å². The summed E-state index contributed by atoms with van der Waals surface area (Å²) in [5.41, 5.74) is 5.48. The Morgan fingerprint density at radius 2 is 1.88 bits per heavy atom. The molecule has 0 saturated carbocycles. The lowest BCUT2D eigenvalue weighted by molar-refractivity contribution is -0.121. The second-order valence-corrected chi connectivity index (χ2v) is 6.46. The van der Waals surface area contributed by atoms with Crippen molar-refractivity contribution in [2.24, 2.45) is 5.73 Å². The van der Waals surface area contributed by atoms with Gasteiger partial charge in [-0.15, -0.1) is 24.8 Å². The van der Waals surface area contributed by atoms with Gasteiger partial charge < -0.3 is 15.5 Å². The van der Waals surface area contributed by atoms with Gasteiger partial charge in [-0.05, 0) is 64.4 Å². The molecule has 7 heteroatoms. The molecule has 2 rings (SSSR count). The Bertz CT molecular complexity index is 477. The first-order chi connectivity index (χ1) is 11.2. The fourth-order valence-electron chi connectivity index (χ4n) is 3.18. The summed E-state index contributed by atoms with van der Waals surface area (Å²) < 4.78 is 5.81. The van der Waals surface area contributed by atoms with E-state index in [4.69, 9.17) is 10.2 Å². The normalized spacial score (nSPS) is 15.3. The lowest BCUT2D eigenvalue weighted by atomic mass is 10.1. The Balaban J connectivity index is 0.00000288. The topological polar surface area (TPSA) is 71.5 Å². The third-order valence-corrected chi connectivity index (χ3v) is 4.52. The second-order valence-electron chi connectivity index (χ2n) is 6.46. The zero-order valence-electron chi connectivity index (χ0n) is 15.2. The van der Waals surface area contributed by atoms with Crippen LogP contribution in [0.1, 0.15) is 62.5 Å². The van der Waals surface area contributed by atoms with E-state index in [0.717, 1.165) is 56.8 Å². The molecule has 3 N–H and O–H groups in total. The molecular formula is C18H33Cl2N3O2. The summed E-state index contributed by atoms with van der Waals surface area (Å²) in [6.07, 6.45) is 7.25. The number of likely N-dealkylation sites (tertiary alicyclic amines) is 1. The van der Waals surface area contributed by atoms with Crippen LogP contribution < -0.4 is 11.1 Å². The highest BCUT2D eigenvalue weighted by Gasteiger charge is 2.26. The van der Waals surface area contributed by atoms with Gasteiger partial charge in [-0.1, -0.05) is 12.8 Å². The third kappa shape index (κ3) is 8.45. The first-order valence-corrected chi connectivity index (χ1v) is 8.98. The van der Waals surface area contributed by atoms with E-state index in [1.807, 2.05) is 19.1 Å². The van der Waals surface area contributed by atoms with Gasteiger partial charge in [0.25, 0.3) is 0 Å². The molecule has 1 fully saturated rings. The van der Waals surface area contributed by atoms with E-state index >= 15 is 0 Å². The number of furan rings is 1. The van der Waals surface area contributed by atoms with Gasteiger partial charge in [0.05, 0.1) is 6.04 Å². The number of carbonyl (C=O) groups is 1. The van der Waals surface area contributed by atoms with Crippen molar-refractivity contribution in [2.45, 2.75) is 57.9 Å². The second kappa shape index (κ2) is 13.5. The molecule has 0 aliphatic carbocycles. The molecule has 146 valence electrons. The van der Waals surface area contributed by atoms with E-state index in [1.165, 1.54) is 12.8 Å². The SMILES string of the molecule is Cc1ccc(C(CNC(=O)CCCCCCN)N2CCCC2)o1.Cl.Cl. The molecule has 25 heavy (non-hydrogen) atoms. The molecule has 1 saturated heterocycles. The standard InChI is InChI=1S/C18H31N3O2.2ClH/c1-15-9-10-17(23-15)16(21-12-6-7-13-21)14-20-18(22)8-4-2-3-5-11-19;;/h9-10,16H,2-8,11-14,19H2,1H3,(H,20,22);2*1H. The van der Waals surface area contributed by atoms with Gasteiger partial charge in [-0.25, -0.2) is 0 Å². The van der Waals surface area contributed by atoms with Crippen molar-refractivity contribution in [3.8, 4) is 0 Å². The summed E-state index contributed by atoms with van der Waals surface area (Å²) in [5.74, 6) is 2.04. The molecule has 0 radical (unpaired) electrons. The lowest BCUT2D eigenvalue weighted by Gasteiger charge is -2.26. The highest BCUT2D eigenvalue weighted by molar-refractivity contribution is 5.85. The quantitative estimate of drug-likeness (QED) is 0.595. The van der Waals surface area contributed by atoms with Gasteiger partial charge in [0.2, 0.25) is 5.91 Å². The highest BCUT2D eigenvalue weighted by Crippen LogP contribution is 2.26. The first-order valence-electron chi connectivity index (χ1n) is 8.98. The zero-order valence-corrected chi connectivity index (χ0v) is 16.8. The van der Waals surface area contributed by atoms with Crippen LogP contribution in [-0.2, 0) is 4.79 Å². The summed E-state index contributed by atoms with van der Waals surface area (Å²) in [5, 5.41) is 3.09. The summed E-state index contributed by atoms with van der Waals surface area (Å²) in [7, 11) is 0. The fraction of sp³-hybridized carbons (Fsp3) is 0.722. The predicted molar refractivity (Wildman–Crippen MR) is 107 cm³/mol. The summed E-state index contributed by atoms with van der Waals surface area (Å²) in [4.78, 5) is 14.5. The number of carbonyl (C=O) groups excluding carboxylic acids is 1. The summed E-state index contributed by atoms with van der Waals surface area (Å²) in [6, 6.07) is 4.20. The van der Waals surface area contributed by atoms with Crippen LogP contribution in [0.3, 0.4) is 0 Å². The number of amides is 1. The van der Waals surface area contributed by atoms with E-state index in [0.29, 0.717) is 13.0 Å². The van der Waals surface area contributed by atoms with E-state index in [1.54, 1.807) is 0 Å². The van der Waals surface area contributed by atoms with Crippen molar-refractivity contribution < 1.29 is 9.21 Å². The molecule has 0 spiro atoms. The number of hydrogen-bond donors (Lipinski definition) is 2. The van der Waals surface area contributed by atoms with Crippen LogP contribution in [0.4, 0.5) is 0 Å². The monoisotopic (exact) mass is 393 g/mol. The molecule has 1 atom stereocenters. The number of nitrogens with two attached hydrogens (primary N) is 1. The molecule has 1 unspecified atom stereocenters. The van der Waals surface area contributed by atoms with Gasteiger partial charge in [0, 0.05) is 13.0 Å². The van der Waals surface area contributed by atoms with E-state index in [9.17, 15) is 4.79 Å². The van der Waals surface area contributed by atoms with Gasteiger partial charge in [0.15, 0.2) is 0 Å². The Morgan fingerprint density at radius 1 is 1.20 bits per heavy atom. The van der Waals surface area contributed by atoms with Gasteiger partial charge in [-0.2, -0.15) is 0 Å². The average Bonchev–Trinajstić information content (AvgIpc) is 3.20. The number of halogens is 2. The van der Waals surface area contributed by atoms with Crippen molar-refractivity contribution in [3.63, 3.8) is 0 Å². The van der Waals surface area contributed by atoms with E-state index in [-0.39, 0.29) is 36.8 Å². The summed E-state index contributed by atoms with van der Waals surface area (Å²) in [6.45, 7) is 5.50. The first kappa shape index (κ1) is 24.2. The molecule has 0 bridgehead atoms. The Kier molecular flexibility index (Phi) is 13.0. The van der Waals surface area contributed by atoms with Crippen molar-refractivity contribution in [1.82, 2.24) is 10.2 Å². The van der Waals surface area contributed by atoms with Gasteiger partial charge in [-0.3, -0.25) is 9.69 Å². The Hall–Kier alpha value is -0.750. The molecule has 0 aromatic carbocycles. The zero-order chi connectivity index (χ0) is 16.5. The number of hydrogen-bond acceptors (Lipinski definition) is 4. The third-order valence-electron chi connectivity index (χ3n) is 4.52. The maximum Gasteiger partial charge on any atom is 0.220 e. The van der Waals surface area contributed by atoms with Crippen molar-refractivity contribution in [3.05, 3.63) is 23.7 Å². The number of aryl methyl sites for hydroxylation is 1. The van der Waals surface area contributed by atoms with Crippen LogP contribution in [-0.4, -0.2) is 37.0 Å². The van der Waals surface area contributed by atoms with Crippen LogP contribution in [0.15, 0.2) is 16.5 Å². The van der Waals surface area contributed by atoms with E-state index in [2.05, 4.69) is 10.2 Å². The average molecular weight is 394 g/mol. The smallest absolute Gasteiger partial charge is 0.220 e. The number of unbranched alkanes of at least 4 members (excludes halogenated alkanes) is 3. The van der Waals surface area contributed by atoms with Crippen LogP contribution in [0.2, 0.25) is 0 Å². The van der Waals surface area contributed by atoms with Crippen LogP contribution >= 0.6 is 24.8 Å². The minimum absolute atomic E-state index is 0. The lowest BCUT2D eigenvalue weighted by Crippen LogP contribution is -2.36. The largest absolute Gasteiger partial charge is 0.465 e. The fourth-order valence-corrected chi connectivity index (χ4v) is 3.18. The Labute approximate surface area is 163 Å². The molecule has 1 aromatic heterocycles. The van der Waals surface area contributed by atoms with Gasteiger partial charge >= 0.3 is 0 Å². The summed E-state index contributed by atoms with van der Waals surface area (Å²) >= 11 is 0. The molecule has 1 aliphatic rings. The van der Waals surface area contributed by atoms with Crippen LogP contribution in [0, 0.1) is 6.92 Å². The van der Waals surface area contributed by atoms with Crippen molar-refractivity contribution in [1.29, 1.82) is 0 Å². The van der Waals surface area contributed by atoms with Crippen LogP contribution in [0.5, 0.6) is 0 Å². The van der Waals surface area contributed by atoms with E-state index < -0.39 is 0 Å². The molecule has 1 aromatic rings. The predicted octanol–water partition coefficient (Wildman–Crippen LogP) is 3.59. The van der Waals surface area contributed by atoms with Crippen LogP contribution in [0.25, 0.3) is 0 Å². The molecular weight excluding hydrogens is 361 g/mol. The van der Waals surface area contributed by atoms with Gasteiger partial charge in [0.1, 0.15) is 11.5 Å². The molecule has 1 aliphatic heterocycles. The maximum absolute atomic E-state index is 12.0.